The Morgan fingerprint density at radius 1 is 1.23 bits per heavy atom. The molecule has 31 heavy (non-hydrogen) atoms. The SMILES string of the molecule is CCNC(=NCc1ccc(N2CCOC(C)C2)nc1)NCc1c(CC)noc1CC.I. The van der Waals surface area contributed by atoms with Crippen LogP contribution in [-0.2, 0) is 30.7 Å². The molecular formula is C22H35IN6O2. The van der Waals surface area contributed by atoms with E-state index < -0.39 is 0 Å². The Morgan fingerprint density at radius 2 is 2.06 bits per heavy atom. The Labute approximate surface area is 202 Å². The largest absolute Gasteiger partial charge is 0.375 e. The fourth-order valence-electron chi connectivity index (χ4n) is 3.55. The standard InChI is InChI=1S/C22H34N6O2.HI/c1-5-19-18(20(6-2)30-27-19)14-26-22(23-7-3)25-13-17-8-9-21(24-12-17)28-10-11-29-16(4)15-28;/h8-9,12,16H,5-7,10-11,13-15H2,1-4H3,(H2,23,25,26);1H. The third-order valence-corrected chi connectivity index (χ3v) is 5.18. The molecule has 0 amide bonds. The van der Waals surface area contributed by atoms with E-state index in [4.69, 9.17) is 14.3 Å². The molecule has 0 spiro atoms. The summed E-state index contributed by atoms with van der Waals surface area (Å²) in [5.74, 6) is 2.70. The van der Waals surface area contributed by atoms with Crippen LogP contribution >= 0.6 is 24.0 Å². The first-order valence-electron chi connectivity index (χ1n) is 10.9. The molecule has 3 heterocycles. The first-order valence-corrected chi connectivity index (χ1v) is 10.9. The summed E-state index contributed by atoms with van der Waals surface area (Å²) in [6, 6.07) is 4.17. The van der Waals surface area contributed by atoms with E-state index in [2.05, 4.69) is 65.5 Å². The number of aryl methyl sites for hydroxylation is 2. The van der Waals surface area contributed by atoms with Crippen LogP contribution < -0.4 is 15.5 Å². The van der Waals surface area contributed by atoms with Gasteiger partial charge in [-0.05, 0) is 31.9 Å². The van der Waals surface area contributed by atoms with Gasteiger partial charge in [0.2, 0.25) is 0 Å². The Balaban J connectivity index is 0.00000341. The van der Waals surface area contributed by atoms with Crippen LogP contribution in [0.1, 0.15) is 50.3 Å². The van der Waals surface area contributed by atoms with Gasteiger partial charge in [0.25, 0.3) is 0 Å². The maximum absolute atomic E-state index is 5.61. The topological polar surface area (TPSA) is 87.8 Å². The van der Waals surface area contributed by atoms with Crippen LogP contribution in [0.2, 0.25) is 0 Å². The van der Waals surface area contributed by atoms with Crippen molar-refractivity contribution in [2.45, 2.75) is 59.7 Å². The molecule has 2 aromatic heterocycles. The first kappa shape index (κ1) is 25.4. The van der Waals surface area contributed by atoms with Crippen molar-refractivity contribution in [2.75, 3.05) is 31.1 Å². The zero-order valence-electron chi connectivity index (χ0n) is 19.0. The molecule has 3 rings (SSSR count). The lowest BCUT2D eigenvalue weighted by Gasteiger charge is -2.32. The molecule has 1 aliphatic heterocycles. The fraction of sp³-hybridized carbons (Fsp3) is 0.591. The summed E-state index contributed by atoms with van der Waals surface area (Å²) in [5.41, 5.74) is 3.22. The van der Waals surface area contributed by atoms with Gasteiger partial charge in [-0.15, -0.1) is 24.0 Å². The second kappa shape index (κ2) is 12.8. The number of halogens is 1. The van der Waals surface area contributed by atoms with Gasteiger partial charge in [-0.2, -0.15) is 0 Å². The van der Waals surface area contributed by atoms with Gasteiger partial charge in [-0.3, -0.25) is 0 Å². The minimum atomic E-state index is 0. The summed E-state index contributed by atoms with van der Waals surface area (Å²) in [4.78, 5) is 11.6. The molecule has 2 N–H and O–H groups in total. The summed E-state index contributed by atoms with van der Waals surface area (Å²) in [6.45, 7) is 12.8. The molecule has 1 saturated heterocycles. The predicted octanol–water partition coefficient (Wildman–Crippen LogP) is 3.29. The van der Waals surface area contributed by atoms with Crippen molar-refractivity contribution in [3.8, 4) is 0 Å². The maximum Gasteiger partial charge on any atom is 0.191 e. The number of hydrogen-bond donors (Lipinski definition) is 2. The van der Waals surface area contributed by atoms with E-state index in [0.29, 0.717) is 13.1 Å². The highest BCUT2D eigenvalue weighted by atomic mass is 127. The van der Waals surface area contributed by atoms with Gasteiger partial charge in [-0.1, -0.05) is 25.1 Å². The van der Waals surface area contributed by atoms with Gasteiger partial charge in [0.1, 0.15) is 11.6 Å². The van der Waals surface area contributed by atoms with Crippen LogP contribution in [0.3, 0.4) is 0 Å². The number of anilines is 1. The number of pyridine rings is 1. The Hall–Kier alpha value is -1.88. The molecule has 0 bridgehead atoms. The molecule has 1 aliphatic rings. The Morgan fingerprint density at radius 3 is 2.71 bits per heavy atom. The van der Waals surface area contributed by atoms with Gasteiger partial charge >= 0.3 is 0 Å². The summed E-state index contributed by atoms with van der Waals surface area (Å²) < 4.78 is 11.1. The van der Waals surface area contributed by atoms with Crippen molar-refractivity contribution in [3.05, 3.63) is 40.9 Å². The zero-order valence-corrected chi connectivity index (χ0v) is 21.3. The number of aliphatic imine (C=N–C) groups is 1. The lowest BCUT2D eigenvalue weighted by atomic mass is 10.1. The van der Waals surface area contributed by atoms with Gasteiger partial charge in [-0.25, -0.2) is 9.98 Å². The molecule has 1 atom stereocenters. The van der Waals surface area contributed by atoms with E-state index in [9.17, 15) is 0 Å². The van der Waals surface area contributed by atoms with Crippen LogP contribution in [0, 0.1) is 0 Å². The maximum atomic E-state index is 5.61. The number of nitrogens with one attached hydrogen (secondary N) is 2. The van der Waals surface area contributed by atoms with Gasteiger partial charge in [0.05, 0.1) is 24.9 Å². The quantitative estimate of drug-likeness (QED) is 0.301. The van der Waals surface area contributed by atoms with Crippen molar-refractivity contribution < 1.29 is 9.26 Å². The number of hydrogen-bond acceptors (Lipinski definition) is 6. The van der Waals surface area contributed by atoms with Crippen molar-refractivity contribution >= 4 is 35.8 Å². The Kier molecular flexibility index (Phi) is 10.5. The van der Waals surface area contributed by atoms with E-state index in [1.807, 2.05) is 6.20 Å². The molecule has 9 heteroatoms. The van der Waals surface area contributed by atoms with E-state index in [-0.39, 0.29) is 30.1 Å². The van der Waals surface area contributed by atoms with Crippen LogP contribution in [-0.4, -0.2) is 48.4 Å². The molecular weight excluding hydrogens is 507 g/mol. The summed E-state index contributed by atoms with van der Waals surface area (Å²) in [5, 5.41) is 10.9. The van der Waals surface area contributed by atoms with E-state index in [1.165, 1.54) is 0 Å². The molecule has 0 aliphatic carbocycles. The van der Waals surface area contributed by atoms with E-state index in [1.54, 1.807) is 0 Å². The number of rotatable bonds is 8. The van der Waals surface area contributed by atoms with Crippen LogP contribution in [0.5, 0.6) is 0 Å². The zero-order chi connectivity index (χ0) is 21.3. The van der Waals surface area contributed by atoms with Crippen molar-refractivity contribution in [1.82, 2.24) is 20.8 Å². The number of nitrogens with zero attached hydrogens (tertiary/aromatic N) is 4. The molecule has 1 fully saturated rings. The first-order chi connectivity index (χ1) is 14.6. The monoisotopic (exact) mass is 542 g/mol. The van der Waals surface area contributed by atoms with Crippen LogP contribution in [0.25, 0.3) is 0 Å². The fourth-order valence-corrected chi connectivity index (χ4v) is 3.55. The number of morpholine rings is 1. The van der Waals surface area contributed by atoms with Crippen molar-refractivity contribution in [3.63, 3.8) is 0 Å². The minimum absolute atomic E-state index is 0. The van der Waals surface area contributed by atoms with E-state index >= 15 is 0 Å². The van der Waals surface area contributed by atoms with Crippen molar-refractivity contribution in [2.24, 2.45) is 4.99 Å². The second-order valence-electron chi connectivity index (χ2n) is 7.44. The van der Waals surface area contributed by atoms with E-state index in [0.717, 1.165) is 73.4 Å². The third-order valence-electron chi connectivity index (χ3n) is 5.18. The Bertz CT molecular complexity index is 802. The van der Waals surface area contributed by atoms with Crippen molar-refractivity contribution in [1.29, 1.82) is 0 Å². The van der Waals surface area contributed by atoms with Crippen LogP contribution in [0.4, 0.5) is 5.82 Å². The molecule has 0 saturated carbocycles. The lowest BCUT2D eigenvalue weighted by Crippen LogP contribution is -2.41. The summed E-state index contributed by atoms with van der Waals surface area (Å²) in [7, 11) is 0. The van der Waals surface area contributed by atoms with Gasteiger partial charge < -0.3 is 24.8 Å². The number of guanidine groups is 1. The third kappa shape index (κ3) is 7.06. The molecule has 0 aromatic carbocycles. The summed E-state index contributed by atoms with van der Waals surface area (Å²) >= 11 is 0. The lowest BCUT2D eigenvalue weighted by molar-refractivity contribution is 0.0529. The average molecular weight is 542 g/mol. The van der Waals surface area contributed by atoms with Gasteiger partial charge in [0.15, 0.2) is 5.96 Å². The average Bonchev–Trinajstić information content (AvgIpc) is 3.18. The smallest absolute Gasteiger partial charge is 0.191 e. The van der Waals surface area contributed by atoms with Gasteiger partial charge in [0, 0.05) is 44.4 Å². The molecule has 2 aromatic rings. The molecule has 8 nitrogen and oxygen atoms in total. The molecule has 1 unspecified atom stereocenters. The minimum Gasteiger partial charge on any atom is -0.375 e. The van der Waals surface area contributed by atoms with Crippen LogP contribution in [0.15, 0.2) is 27.8 Å². The number of ether oxygens (including phenoxy) is 1. The molecule has 0 radical (unpaired) electrons. The highest BCUT2D eigenvalue weighted by molar-refractivity contribution is 14.0. The highest BCUT2D eigenvalue weighted by Gasteiger charge is 2.17. The summed E-state index contributed by atoms with van der Waals surface area (Å²) in [6.07, 6.45) is 3.84. The second-order valence-corrected chi connectivity index (χ2v) is 7.44. The highest BCUT2D eigenvalue weighted by Crippen LogP contribution is 2.17. The normalized spacial score (nSPS) is 16.7. The predicted molar refractivity (Wildman–Crippen MR) is 134 cm³/mol. The molecule has 172 valence electrons. The number of aromatic nitrogens is 2.